The number of aliphatic hydroxyl groups excluding tert-OH is 1. The minimum atomic E-state index is -3.55. The van der Waals surface area contributed by atoms with Crippen molar-refractivity contribution in [3.05, 3.63) is 59.9 Å². The SMILES string of the molecule is Cn1c(C(C#N)=C(O)c2ccc(S(=O)(=O)N3CCCCC3)cc2)nc2ccccc21. The molecule has 0 saturated carbocycles. The Hall–Kier alpha value is -3.15. The molecule has 0 unspecified atom stereocenters. The van der Waals surface area contributed by atoms with Crippen LogP contribution in [-0.4, -0.2) is 40.5 Å². The zero-order chi connectivity index (χ0) is 21.3. The Kier molecular flexibility index (Phi) is 5.33. The van der Waals surface area contributed by atoms with E-state index in [-0.39, 0.29) is 16.2 Å². The maximum absolute atomic E-state index is 12.8. The van der Waals surface area contributed by atoms with Crippen molar-refractivity contribution in [2.45, 2.75) is 24.2 Å². The van der Waals surface area contributed by atoms with Gasteiger partial charge in [0.25, 0.3) is 0 Å². The van der Waals surface area contributed by atoms with Crippen molar-refractivity contribution in [1.29, 1.82) is 5.26 Å². The van der Waals surface area contributed by atoms with E-state index in [1.807, 2.05) is 30.3 Å². The van der Waals surface area contributed by atoms with Gasteiger partial charge in [0.2, 0.25) is 10.0 Å². The van der Waals surface area contributed by atoms with Crippen LogP contribution in [-0.2, 0) is 17.1 Å². The number of rotatable bonds is 4. The fourth-order valence-corrected chi connectivity index (χ4v) is 5.28. The Labute approximate surface area is 175 Å². The molecule has 30 heavy (non-hydrogen) atoms. The number of hydrogen-bond acceptors (Lipinski definition) is 5. The number of aromatic nitrogens is 2. The Bertz CT molecular complexity index is 1260. The summed E-state index contributed by atoms with van der Waals surface area (Å²) in [6.45, 7) is 1.06. The van der Waals surface area contributed by atoms with Crippen molar-refractivity contribution >= 4 is 32.4 Å². The molecule has 0 bridgehead atoms. The van der Waals surface area contributed by atoms with E-state index in [2.05, 4.69) is 4.98 Å². The summed E-state index contributed by atoms with van der Waals surface area (Å²) in [6.07, 6.45) is 2.78. The molecule has 1 N–H and O–H groups in total. The first-order chi connectivity index (χ1) is 14.4. The van der Waals surface area contributed by atoms with E-state index in [4.69, 9.17) is 0 Å². The number of nitrogens with zero attached hydrogens (tertiary/aromatic N) is 4. The fraction of sp³-hybridized carbons (Fsp3) is 0.273. The largest absolute Gasteiger partial charge is 0.506 e. The zero-order valence-electron chi connectivity index (χ0n) is 16.6. The van der Waals surface area contributed by atoms with Crippen molar-refractivity contribution in [3.63, 3.8) is 0 Å². The van der Waals surface area contributed by atoms with Gasteiger partial charge >= 0.3 is 0 Å². The predicted octanol–water partition coefficient (Wildman–Crippen LogP) is 3.70. The molecule has 7 nitrogen and oxygen atoms in total. The van der Waals surface area contributed by atoms with Crippen LogP contribution in [0.1, 0.15) is 30.7 Å². The lowest BCUT2D eigenvalue weighted by Crippen LogP contribution is -2.35. The predicted molar refractivity (Wildman–Crippen MR) is 115 cm³/mol. The van der Waals surface area contributed by atoms with Crippen LogP contribution >= 0.6 is 0 Å². The van der Waals surface area contributed by atoms with Crippen LogP contribution in [0.4, 0.5) is 0 Å². The molecule has 154 valence electrons. The number of hydrogen-bond donors (Lipinski definition) is 1. The molecule has 0 aliphatic carbocycles. The van der Waals surface area contributed by atoms with Gasteiger partial charge in [-0.15, -0.1) is 0 Å². The molecule has 1 aliphatic heterocycles. The van der Waals surface area contributed by atoms with Gasteiger partial charge in [-0.1, -0.05) is 18.6 Å². The minimum Gasteiger partial charge on any atom is -0.506 e. The first kappa shape index (κ1) is 20.1. The molecule has 1 fully saturated rings. The van der Waals surface area contributed by atoms with Crippen LogP contribution in [0.25, 0.3) is 22.4 Å². The summed E-state index contributed by atoms with van der Waals surface area (Å²) in [7, 11) is -1.77. The van der Waals surface area contributed by atoms with Gasteiger partial charge in [0.1, 0.15) is 17.4 Å². The Balaban J connectivity index is 1.71. The summed E-state index contributed by atoms with van der Waals surface area (Å²) < 4.78 is 28.9. The Morgan fingerprint density at radius 2 is 1.73 bits per heavy atom. The lowest BCUT2D eigenvalue weighted by molar-refractivity contribution is 0.346. The average molecular weight is 423 g/mol. The van der Waals surface area contributed by atoms with E-state index in [1.165, 1.54) is 28.6 Å². The second kappa shape index (κ2) is 7.94. The average Bonchev–Trinajstić information content (AvgIpc) is 3.11. The molecule has 1 aromatic heterocycles. The van der Waals surface area contributed by atoms with E-state index in [1.54, 1.807) is 11.6 Å². The minimum absolute atomic E-state index is 0.0281. The van der Waals surface area contributed by atoms with Crippen LogP contribution in [0.5, 0.6) is 0 Å². The second-order valence-corrected chi connectivity index (χ2v) is 9.25. The standard InChI is InChI=1S/C22H22N4O3S/c1-25-20-8-4-3-7-19(20)24-22(25)18(15-23)21(27)16-9-11-17(12-10-16)30(28,29)26-13-5-2-6-14-26/h3-4,7-12,27H,2,5-6,13-14H2,1H3. The van der Waals surface area contributed by atoms with Crippen LogP contribution < -0.4 is 0 Å². The van der Waals surface area contributed by atoms with E-state index in [0.717, 1.165) is 30.3 Å². The van der Waals surface area contributed by atoms with Gasteiger partial charge < -0.3 is 9.67 Å². The van der Waals surface area contributed by atoms with Crippen molar-refractivity contribution in [3.8, 4) is 6.07 Å². The summed E-state index contributed by atoms with van der Waals surface area (Å²) in [6, 6.07) is 15.5. The highest BCUT2D eigenvalue weighted by Crippen LogP contribution is 2.28. The highest BCUT2D eigenvalue weighted by molar-refractivity contribution is 7.89. The van der Waals surface area contributed by atoms with Crippen molar-refractivity contribution in [1.82, 2.24) is 13.9 Å². The highest BCUT2D eigenvalue weighted by Gasteiger charge is 2.26. The molecule has 4 rings (SSSR count). The molecular weight excluding hydrogens is 400 g/mol. The molecule has 0 radical (unpaired) electrons. The number of piperidine rings is 1. The fourth-order valence-electron chi connectivity index (χ4n) is 3.76. The Morgan fingerprint density at radius 1 is 1.07 bits per heavy atom. The molecule has 3 aromatic rings. The maximum atomic E-state index is 12.8. The number of para-hydroxylation sites is 2. The number of imidazole rings is 1. The van der Waals surface area contributed by atoms with E-state index in [9.17, 15) is 18.8 Å². The second-order valence-electron chi connectivity index (χ2n) is 7.31. The van der Waals surface area contributed by atoms with Gasteiger partial charge in [0, 0.05) is 25.7 Å². The summed E-state index contributed by atoms with van der Waals surface area (Å²) >= 11 is 0. The number of aryl methyl sites for hydroxylation is 1. The lowest BCUT2D eigenvalue weighted by Gasteiger charge is -2.25. The Morgan fingerprint density at radius 3 is 2.37 bits per heavy atom. The monoisotopic (exact) mass is 422 g/mol. The third kappa shape index (κ3) is 3.47. The molecule has 2 heterocycles. The van der Waals surface area contributed by atoms with Crippen LogP contribution in [0.15, 0.2) is 53.4 Å². The van der Waals surface area contributed by atoms with Crippen molar-refractivity contribution < 1.29 is 13.5 Å². The zero-order valence-corrected chi connectivity index (χ0v) is 17.4. The van der Waals surface area contributed by atoms with Crippen molar-refractivity contribution in [2.24, 2.45) is 7.05 Å². The molecule has 8 heteroatoms. The van der Waals surface area contributed by atoms with Gasteiger partial charge in [-0.25, -0.2) is 13.4 Å². The molecule has 0 atom stereocenters. The van der Waals surface area contributed by atoms with Gasteiger partial charge in [0.05, 0.1) is 15.9 Å². The molecule has 0 amide bonds. The highest BCUT2D eigenvalue weighted by atomic mass is 32.2. The molecule has 0 spiro atoms. The normalized spacial score (nSPS) is 16.3. The number of aliphatic hydroxyl groups is 1. The quantitative estimate of drug-likeness (QED) is 0.511. The van der Waals surface area contributed by atoms with E-state index >= 15 is 0 Å². The number of fused-ring (bicyclic) bond motifs is 1. The van der Waals surface area contributed by atoms with Gasteiger partial charge in [-0.3, -0.25) is 0 Å². The third-order valence-electron chi connectivity index (χ3n) is 5.44. The first-order valence-corrected chi connectivity index (χ1v) is 11.2. The molecular formula is C22H22N4O3S. The topological polar surface area (TPSA) is 99.2 Å². The first-order valence-electron chi connectivity index (χ1n) is 9.79. The number of allylic oxidation sites excluding steroid dienone is 1. The van der Waals surface area contributed by atoms with Crippen molar-refractivity contribution in [2.75, 3.05) is 13.1 Å². The third-order valence-corrected chi connectivity index (χ3v) is 7.35. The van der Waals surface area contributed by atoms with Crippen LogP contribution in [0.3, 0.4) is 0 Å². The molecule has 2 aromatic carbocycles. The lowest BCUT2D eigenvalue weighted by atomic mass is 10.1. The van der Waals surface area contributed by atoms with Crippen LogP contribution in [0.2, 0.25) is 0 Å². The van der Waals surface area contributed by atoms with Gasteiger partial charge in [0.15, 0.2) is 5.82 Å². The van der Waals surface area contributed by atoms with Crippen LogP contribution in [0, 0.1) is 11.3 Å². The molecule has 1 saturated heterocycles. The number of benzene rings is 2. The van der Waals surface area contributed by atoms with E-state index < -0.39 is 10.0 Å². The van der Waals surface area contributed by atoms with E-state index in [0.29, 0.717) is 24.5 Å². The van der Waals surface area contributed by atoms with Gasteiger partial charge in [-0.05, 0) is 49.2 Å². The van der Waals surface area contributed by atoms with Gasteiger partial charge in [-0.2, -0.15) is 9.57 Å². The number of sulfonamides is 1. The summed E-state index contributed by atoms with van der Waals surface area (Å²) in [5.74, 6) is 0.110. The summed E-state index contributed by atoms with van der Waals surface area (Å²) in [5.41, 5.74) is 1.95. The number of nitriles is 1. The summed E-state index contributed by atoms with van der Waals surface area (Å²) in [5, 5.41) is 20.5. The summed E-state index contributed by atoms with van der Waals surface area (Å²) in [4.78, 5) is 4.65. The molecule has 1 aliphatic rings. The maximum Gasteiger partial charge on any atom is 0.243 e. The smallest absolute Gasteiger partial charge is 0.243 e.